The quantitative estimate of drug-likeness (QED) is 0.372. The highest BCUT2D eigenvalue weighted by atomic mass is 16.8. The van der Waals surface area contributed by atoms with Crippen LogP contribution in [0.1, 0.15) is 0 Å². The van der Waals surface area contributed by atoms with Crippen LogP contribution in [0.2, 0.25) is 0 Å². The Labute approximate surface area is 28.9 Å². The van der Waals surface area contributed by atoms with Gasteiger partial charge in [-0.15, -0.1) is 0 Å². The van der Waals surface area contributed by atoms with E-state index in [1.54, 1.807) is 0 Å². The third kappa shape index (κ3) is 0.238. The zero-order valence-electron chi connectivity index (χ0n) is 2.46. The predicted molar refractivity (Wildman–Crippen MR) is 17.8 cm³/mol. The van der Waals surface area contributed by atoms with Gasteiger partial charge < -0.3 is 0 Å². The lowest BCUT2D eigenvalue weighted by Crippen LogP contribution is -1.75. The van der Waals surface area contributed by atoms with E-state index in [2.05, 4.69) is 15.2 Å². The molecule has 0 aromatic rings. The van der Waals surface area contributed by atoms with Crippen LogP contribution >= 0.6 is 0 Å². The first-order valence-electron chi connectivity index (χ1n) is 1.21. The fourth-order valence-electron chi connectivity index (χ4n) is 0.136. The first-order valence-corrected chi connectivity index (χ1v) is 1.21. The highest BCUT2D eigenvalue weighted by Crippen LogP contribution is 1.64. The van der Waals surface area contributed by atoms with Gasteiger partial charge in [-0.25, -0.2) is 0 Å². The molecule has 25 valence electrons. The zero-order valence-corrected chi connectivity index (χ0v) is 2.46. The van der Waals surface area contributed by atoms with Crippen LogP contribution in [0.15, 0.2) is 5.16 Å². The molecule has 0 aliphatic carbocycles. The number of nitrogens with zero attached hydrogens (tertiary/aromatic N) is 2. The van der Waals surface area contributed by atoms with Crippen molar-refractivity contribution in [2.24, 2.45) is 5.16 Å². The Bertz CT molecular complexity index is 65.7. The van der Waals surface area contributed by atoms with E-state index in [1.165, 1.54) is 12.4 Å². The van der Waals surface area contributed by atoms with Gasteiger partial charge in [0.1, 0.15) is 0 Å². The lowest BCUT2D eigenvalue weighted by atomic mass is 10.9. The van der Waals surface area contributed by atoms with Gasteiger partial charge in [0.05, 0.1) is 0 Å². The van der Waals surface area contributed by atoms with Crippen LogP contribution in [0.5, 0.6) is 0 Å². The van der Waals surface area contributed by atoms with Gasteiger partial charge in [-0.2, -0.15) is 0 Å². The molecule has 0 aromatic heterocycles. The van der Waals surface area contributed by atoms with Crippen LogP contribution in [0.25, 0.3) is 0 Å². The minimum Gasteiger partial charge on any atom is -0.0377 e. The smallest absolute Gasteiger partial charge is 0.0377 e. The molecule has 0 saturated heterocycles. The van der Waals surface area contributed by atoms with E-state index in [0.717, 1.165) is 0 Å². The van der Waals surface area contributed by atoms with Crippen molar-refractivity contribution < 1.29 is 4.94 Å². The standard InChI is InChI=1S/C2H2N2O/c1-2-4-5-3-1/h1-2H/q+1. The maximum absolute atomic E-state index is 4.08. The van der Waals surface area contributed by atoms with E-state index < -0.39 is 0 Å². The van der Waals surface area contributed by atoms with E-state index in [0.29, 0.717) is 0 Å². The van der Waals surface area contributed by atoms with Gasteiger partial charge in [-0.05, 0) is 4.94 Å². The second-order valence-electron chi connectivity index (χ2n) is 0.591. The Morgan fingerprint density at radius 1 is 1.80 bits per heavy atom. The molecule has 1 aliphatic heterocycles. The second kappa shape index (κ2) is 0.839. The van der Waals surface area contributed by atoms with Gasteiger partial charge >= 0.3 is 0 Å². The molecule has 0 aromatic carbocycles. The van der Waals surface area contributed by atoms with Gasteiger partial charge in [0, 0.05) is 0 Å². The van der Waals surface area contributed by atoms with Crippen molar-refractivity contribution in [1.82, 2.24) is 5.16 Å². The highest BCUT2D eigenvalue weighted by molar-refractivity contribution is 6.15. The van der Waals surface area contributed by atoms with Crippen molar-refractivity contribution in [3.8, 4) is 0 Å². The molecule has 0 spiro atoms. The first kappa shape index (κ1) is 2.38. The largest absolute Gasteiger partial charge is 0.236 e. The van der Waals surface area contributed by atoms with Gasteiger partial charge in [0.25, 0.3) is 0 Å². The molecule has 0 saturated carbocycles. The summed E-state index contributed by atoms with van der Waals surface area (Å²) in [7, 11) is 0. The molecule has 1 heterocycles. The molecular formula is C2H2N2O+. The van der Waals surface area contributed by atoms with Crippen molar-refractivity contribution in [3.63, 3.8) is 0 Å². The van der Waals surface area contributed by atoms with Crippen molar-refractivity contribution >= 4 is 12.4 Å². The highest BCUT2D eigenvalue weighted by Gasteiger charge is 1.92. The van der Waals surface area contributed by atoms with Crippen LogP contribution < -0.4 is 5.16 Å². The zero-order chi connectivity index (χ0) is 3.54. The Morgan fingerprint density at radius 3 is 3.00 bits per heavy atom. The molecule has 0 atom stereocenters. The Hall–Kier alpha value is -0.860. The average Bonchev–Trinajstić information content (AvgIpc) is 1.76. The Kier molecular flexibility index (Phi) is 0.400. The molecule has 0 unspecified atom stereocenters. The number of hydrogen-bond donors (Lipinski definition) is 0. The summed E-state index contributed by atoms with van der Waals surface area (Å²) in [6.45, 7) is 0. The van der Waals surface area contributed by atoms with Gasteiger partial charge in [-0.3, -0.25) is 0 Å². The predicted octanol–water partition coefficient (Wildman–Crippen LogP) is -0.676. The van der Waals surface area contributed by atoms with Crippen molar-refractivity contribution in [3.05, 3.63) is 0 Å². The number of hydrogen-bond acceptors (Lipinski definition) is 3. The summed E-state index contributed by atoms with van der Waals surface area (Å²) in [4.78, 5) is 4.08. The first-order chi connectivity index (χ1) is 2.50. The molecule has 5 heavy (non-hydrogen) atoms. The SMILES string of the molecule is C1=NO[N+]=C1. The maximum atomic E-state index is 4.08. The Balaban J connectivity index is 2.61. The fourth-order valence-corrected chi connectivity index (χ4v) is 0.136. The molecule has 1 rings (SSSR count). The third-order valence-electron chi connectivity index (χ3n) is 0.283. The molecule has 0 bridgehead atoms. The number of oxime groups is 2. The average molecular weight is 70.1 g/mol. The monoisotopic (exact) mass is 70.0 g/mol. The summed E-state index contributed by atoms with van der Waals surface area (Å²) in [5.74, 6) is 0. The molecule has 0 N–H and O–H groups in total. The van der Waals surface area contributed by atoms with Crippen LogP contribution in [-0.2, 0) is 4.94 Å². The topological polar surface area (TPSA) is 35.7 Å². The van der Waals surface area contributed by atoms with Crippen molar-refractivity contribution in [1.29, 1.82) is 0 Å². The summed E-state index contributed by atoms with van der Waals surface area (Å²) in [6, 6.07) is 0. The molecule has 3 heteroatoms. The van der Waals surface area contributed by atoms with Gasteiger partial charge in [0.15, 0.2) is 10.3 Å². The van der Waals surface area contributed by atoms with E-state index in [1.807, 2.05) is 0 Å². The maximum Gasteiger partial charge on any atom is 0.236 e. The normalized spacial score (nSPS) is 16.0. The summed E-state index contributed by atoms with van der Waals surface area (Å²) in [6.07, 6.45) is 2.94. The van der Waals surface area contributed by atoms with Gasteiger partial charge in [-0.1, -0.05) is 0 Å². The molecule has 1 aliphatic rings. The van der Waals surface area contributed by atoms with Gasteiger partial charge in [0.2, 0.25) is 12.4 Å². The molecule has 1 radical (unpaired) electrons. The summed E-state index contributed by atoms with van der Waals surface area (Å²) in [5.41, 5.74) is 0. The molecule has 0 amide bonds. The Morgan fingerprint density at radius 2 is 2.80 bits per heavy atom. The minimum absolute atomic E-state index is 1.47. The van der Waals surface area contributed by atoms with E-state index >= 15 is 0 Å². The van der Waals surface area contributed by atoms with Crippen LogP contribution in [0.4, 0.5) is 0 Å². The van der Waals surface area contributed by atoms with E-state index in [9.17, 15) is 0 Å². The summed E-state index contributed by atoms with van der Waals surface area (Å²) in [5, 5.41) is 6.47. The van der Waals surface area contributed by atoms with Crippen molar-refractivity contribution in [2.75, 3.05) is 0 Å². The van der Waals surface area contributed by atoms with Crippen LogP contribution in [-0.4, -0.2) is 12.4 Å². The summed E-state index contributed by atoms with van der Waals surface area (Å²) < 4.78 is 0. The lowest BCUT2D eigenvalue weighted by molar-refractivity contribution is 0.118. The van der Waals surface area contributed by atoms with E-state index in [-0.39, 0.29) is 0 Å². The third-order valence-corrected chi connectivity index (χ3v) is 0.283. The van der Waals surface area contributed by atoms with Crippen molar-refractivity contribution in [2.45, 2.75) is 0 Å². The molecular weight excluding hydrogens is 68.0 g/mol. The summed E-state index contributed by atoms with van der Waals surface area (Å²) >= 11 is 0. The number of rotatable bonds is 0. The fraction of sp³-hybridized carbons (Fsp3) is 0. The van der Waals surface area contributed by atoms with Crippen LogP contribution in [0, 0.1) is 0 Å². The van der Waals surface area contributed by atoms with E-state index in [4.69, 9.17) is 0 Å². The molecule has 0 fully saturated rings. The second-order valence-corrected chi connectivity index (χ2v) is 0.591. The minimum atomic E-state index is 1.47. The van der Waals surface area contributed by atoms with Crippen LogP contribution in [0.3, 0.4) is 0 Å². The molecule has 3 nitrogen and oxygen atoms in total. The lowest BCUT2D eigenvalue weighted by Gasteiger charge is -1.45.